The summed E-state index contributed by atoms with van der Waals surface area (Å²) in [5.41, 5.74) is 0.501. The second kappa shape index (κ2) is 7.44. The summed E-state index contributed by atoms with van der Waals surface area (Å²) < 4.78 is 0. The molecule has 3 nitrogen and oxygen atoms in total. The predicted molar refractivity (Wildman–Crippen MR) is 83.7 cm³/mol. The Kier molecular flexibility index (Phi) is 5.88. The van der Waals surface area contributed by atoms with Crippen LogP contribution in [-0.2, 0) is 4.79 Å². The maximum absolute atomic E-state index is 12.0. The topological polar surface area (TPSA) is 41.1 Å². The van der Waals surface area contributed by atoms with Gasteiger partial charge in [0.2, 0.25) is 5.91 Å². The van der Waals surface area contributed by atoms with E-state index in [4.69, 9.17) is 0 Å². The first-order valence-electron chi connectivity index (χ1n) is 8.58. The minimum absolute atomic E-state index is 0.196. The third kappa shape index (κ3) is 5.43. The molecule has 0 spiro atoms. The normalized spacial score (nSPS) is 25.1. The van der Waals surface area contributed by atoms with Crippen LogP contribution in [-0.4, -0.2) is 24.5 Å². The van der Waals surface area contributed by atoms with Crippen LogP contribution in [0.2, 0.25) is 0 Å². The molecule has 1 amide bonds. The highest BCUT2D eigenvalue weighted by molar-refractivity contribution is 5.78. The quantitative estimate of drug-likeness (QED) is 0.775. The average Bonchev–Trinajstić information content (AvgIpc) is 2.66. The second-order valence-corrected chi connectivity index (χ2v) is 7.58. The van der Waals surface area contributed by atoms with Gasteiger partial charge in [-0.3, -0.25) is 4.79 Å². The minimum atomic E-state index is 0.196. The number of carbonyl (C=O) groups is 1. The zero-order valence-corrected chi connectivity index (χ0v) is 13.3. The fourth-order valence-electron chi connectivity index (χ4n) is 3.54. The lowest BCUT2D eigenvalue weighted by molar-refractivity contribution is -0.121. The Morgan fingerprint density at radius 3 is 2.15 bits per heavy atom. The average molecular weight is 280 g/mol. The zero-order valence-electron chi connectivity index (χ0n) is 13.3. The SMILES string of the molecule is CC1(C)CCC(NCC(=O)NC2CCCCCC2)CC1. The molecule has 0 aromatic heterocycles. The molecule has 0 saturated heterocycles. The van der Waals surface area contributed by atoms with E-state index in [0.717, 1.165) is 0 Å². The summed E-state index contributed by atoms with van der Waals surface area (Å²) in [5, 5.41) is 6.67. The Morgan fingerprint density at radius 1 is 0.950 bits per heavy atom. The Balaban J connectivity index is 1.62. The second-order valence-electron chi connectivity index (χ2n) is 7.58. The van der Waals surface area contributed by atoms with E-state index >= 15 is 0 Å². The molecule has 0 aromatic rings. The van der Waals surface area contributed by atoms with E-state index < -0.39 is 0 Å². The number of hydrogen-bond acceptors (Lipinski definition) is 2. The van der Waals surface area contributed by atoms with Crippen molar-refractivity contribution in [2.24, 2.45) is 5.41 Å². The molecule has 2 saturated carbocycles. The summed E-state index contributed by atoms with van der Waals surface area (Å²) in [6, 6.07) is 0.972. The van der Waals surface area contributed by atoms with E-state index in [2.05, 4.69) is 24.5 Å². The van der Waals surface area contributed by atoms with Crippen molar-refractivity contribution in [1.82, 2.24) is 10.6 Å². The van der Waals surface area contributed by atoms with Crippen molar-refractivity contribution in [3.05, 3.63) is 0 Å². The summed E-state index contributed by atoms with van der Waals surface area (Å²) in [6.45, 7) is 5.20. The fourth-order valence-corrected chi connectivity index (χ4v) is 3.54. The van der Waals surface area contributed by atoms with Crippen molar-refractivity contribution < 1.29 is 4.79 Å². The fraction of sp³-hybridized carbons (Fsp3) is 0.941. The van der Waals surface area contributed by atoms with Crippen LogP contribution in [0, 0.1) is 5.41 Å². The summed E-state index contributed by atoms with van der Waals surface area (Å²) >= 11 is 0. The van der Waals surface area contributed by atoms with Crippen LogP contribution in [0.1, 0.15) is 78.1 Å². The Labute approximate surface area is 124 Å². The minimum Gasteiger partial charge on any atom is -0.352 e. The molecule has 2 N–H and O–H groups in total. The van der Waals surface area contributed by atoms with Gasteiger partial charge in [-0.25, -0.2) is 0 Å². The number of nitrogens with one attached hydrogen (secondary N) is 2. The lowest BCUT2D eigenvalue weighted by Gasteiger charge is -2.34. The molecule has 0 atom stereocenters. The predicted octanol–water partition coefficient (Wildman–Crippen LogP) is 3.38. The first kappa shape index (κ1) is 15.8. The van der Waals surface area contributed by atoms with E-state index in [1.165, 1.54) is 64.2 Å². The molecular weight excluding hydrogens is 248 g/mol. The number of rotatable bonds is 4. The molecule has 2 rings (SSSR count). The summed E-state index contributed by atoms with van der Waals surface area (Å²) in [4.78, 5) is 12.0. The summed E-state index contributed by atoms with van der Waals surface area (Å²) in [6.07, 6.45) is 12.5. The highest BCUT2D eigenvalue weighted by Gasteiger charge is 2.26. The van der Waals surface area contributed by atoms with Crippen molar-refractivity contribution in [1.29, 1.82) is 0 Å². The molecule has 0 aromatic carbocycles. The van der Waals surface area contributed by atoms with Crippen LogP contribution in [0.15, 0.2) is 0 Å². The summed E-state index contributed by atoms with van der Waals surface area (Å²) in [5.74, 6) is 0.196. The van der Waals surface area contributed by atoms with Gasteiger partial charge < -0.3 is 10.6 Å². The lowest BCUT2D eigenvalue weighted by Crippen LogP contribution is -2.44. The Morgan fingerprint density at radius 2 is 1.55 bits per heavy atom. The Bertz CT molecular complexity index is 296. The molecular formula is C17H32N2O. The van der Waals surface area contributed by atoms with Crippen molar-refractivity contribution >= 4 is 5.91 Å². The third-order valence-corrected chi connectivity index (χ3v) is 5.11. The molecule has 2 aliphatic rings. The van der Waals surface area contributed by atoms with Gasteiger partial charge in [0, 0.05) is 12.1 Å². The van der Waals surface area contributed by atoms with Crippen molar-refractivity contribution in [3.8, 4) is 0 Å². The highest BCUT2D eigenvalue weighted by atomic mass is 16.1. The maximum atomic E-state index is 12.0. The van der Waals surface area contributed by atoms with Gasteiger partial charge in [0.15, 0.2) is 0 Å². The van der Waals surface area contributed by atoms with Crippen LogP contribution in [0.5, 0.6) is 0 Å². The zero-order chi connectivity index (χ0) is 14.4. The molecule has 0 aliphatic heterocycles. The van der Waals surface area contributed by atoms with Gasteiger partial charge in [-0.2, -0.15) is 0 Å². The van der Waals surface area contributed by atoms with E-state index in [1.807, 2.05) is 0 Å². The number of hydrogen-bond donors (Lipinski definition) is 2. The van der Waals surface area contributed by atoms with Crippen molar-refractivity contribution in [2.75, 3.05) is 6.54 Å². The van der Waals surface area contributed by atoms with Gasteiger partial charge in [0.1, 0.15) is 0 Å². The first-order valence-corrected chi connectivity index (χ1v) is 8.58. The molecule has 0 heterocycles. The molecule has 20 heavy (non-hydrogen) atoms. The van der Waals surface area contributed by atoms with Gasteiger partial charge in [0.05, 0.1) is 6.54 Å². The van der Waals surface area contributed by atoms with Gasteiger partial charge in [-0.15, -0.1) is 0 Å². The van der Waals surface area contributed by atoms with Crippen LogP contribution >= 0.6 is 0 Å². The van der Waals surface area contributed by atoms with Gasteiger partial charge in [-0.1, -0.05) is 39.5 Å². The van der Waals surface area contributed by atoms with Crippen LogP contribution in [0.4, 0.5) is 0 Å². The number of amides is 1. The Hall–Kier alpha value is -0.570. The van der Waals surface area contributed by atoms with E-state index in [0.29, 0.717) is 24.0 Å². The molecule has 3 heteroatoms. The van der Waals surface area contributed by atoms with Gasteiger partial charge in [0.25, 0.3) is 0 Å². The highest BCUT2D eigenvalue weighted by Crippen LogP contribution is 2.34. The van der Waals surface area contributed by atoms with Crippen molar-refractivity contribution in [2.45, 2.75) is 90.1 Å². The largest absolute Gasteiger partial charge is 0.352 e. The van der Waals surface area contributed by atoms with E-state index in [-0.39, 0.29) is 5.91 Å². The smallest absolute Gasteiger partial charge is 0.234 e. The molecule has 2 fully saturated rings. The molecule has 116 valence electrons. The van der Waals surface area contributed by atoms with E-state index in [1.54, 1.807) is 0 Å². The van der Waals surface area contributed by atoms with E-state index in [9.17, 15) is 4.79 Å². The van der Waals surface area contributed by atoms with Gasteiger partial charge >= 0.3 is 0 Å². The molecule has 0 bridgehead atoms. The lowest BCUT2D eigenvalue weighted by atomic mass is 9.75. The van der Waals surface area contributed by atoms with Crippen LogP contribution in [0.25, 0.3) is 0 Å². The first-order chi connectivity index (χ1) is 9.55. The van der Waals surface area contributed by atoms with Gasteiger partial charge in [-0.05, 0) is 43.9 Å². The monoisotopic (exact) mass is 280 g/mol. The third-order valence-electron chi connectivity index (χ3n) is 5.11. The summed E-state index contributed by atoms with van der Waals surface area (Å²) in [7, 11) is 0. The standard InChI is InChI=1S/C17H32N2O/c1-17(2)11-9-14(10-12-17)18-13-16(20)19-15-7-5-3-4-6-8-15/h14-15,18H,3-13H2,1-2H3,(H,19,20). The van der Waals surface area contributed by atoms with Crippen LogP contribution < -0.4 is 10.6 Å². The maximum Gasteiger partial charge on any atom is 0.234 e. The van der Waals surface area contributed by atoms with Crippen molar-refractivity contribution in [3.63, 3.8) is 0 Å². The number of carbonyl (C=O) groups excluding carboxylic acids is 1. The molecule has 0 radical (unpaired) electrons. The molecule has 2 aliphatic carbocycles. The molecule has 0 unspecified atom stereocenters. The van der Waals surface area contributed by atoms with Crippen LogP contribution in [0.3, 0.4) is 0 Å².